The molecule has 104 valence electrons. The van der Waals surface area contributed by atoms with Crippen molar-refractivity contribution in [3.63, 3.8) is 0 Å². The minimum absolute atomic E-state index is 0.00141. The van der Waals surface area contributed by atoms with Crippen molar-refractivity contribution < 1.29 is 19.7 Å². The molecular formula is C15H13IO4. The molecule has 0 amide bonds. The summed E-state index contributed by atoms with van der Waals surface area (Å²) in [5.41, 5.74) is 1.90. The highest BCUT2D eigenvalue weighted by atomic mass is 127. The zero-order valence-corrected chi connectivity index (χ0v) is 12.7. The van der Waals surface area contributed by atoms with Gasteiger partial charge in [0, 0.05) is 3.57 Å². The van der Waals surface area contributed by atoms with E-state index in [1.54, 1.807) is 18.2 Å². The van der Waals surface area contributed by atoms with Gasteiger partial charge in [-0.15, -0.1) is 0 Å². The first-order valence-corrected chi connectivity index (χ1v) is 7.02. The Morgan fingerprint density at radius 3 is 2.35 bits per heavy atom. The summed E-state index contributed by atoms with van der Waals surface area (Å²) in [4.78, 5) is 11.2. The number of aliphatic hydroxyl groups excluding tert-OH is 1. The van der Waals surface area contributed by atoms with Gasteiger partial charge < -0.3 is 14.9 Å². The van der Waals surface area contributed by atoms with Gasteiger partial charge in [-0.25, -0.2) is 4.79 Å². The molecule has 2 N–H and O–H groups in total. The number of carbonyl (C=O) groups is 1. The molecule has 2 aromatic carbocycles. The third-order valence-electron chi connectivity index (χ3n) is 2.77. The Bertz CT molecular complexity index is 608. The minimum Gasteiger partial charge on any atom is -0.488 e. The summed E-state index contributed by atoms with van der Waals surface area (Å²) < 4.78 is 6.41. The fourth-order valence-corrected chi connectivity index (χ4v) is 2.19. The van der Waals surface area contributed by atoms with Crippen molar-refractivity contribution >= 4 is 28.6 Å². The lowest BCUT2D eigenvalue weighted by Gasteiger charge is -2.10. The molecule has 0 aliphatic carbocycles. The van der Waals surface area contributed by atoms with Crippen LogP contribution in [0.5, 0.6) is 5.75 Å². The van der Waals surface area contributed by atoms with Crippen LogP contribution in [-0.4, -0.2) is 16.2 Å². The molecule has 0 unspecified atom stereocenters. The molecule has 0 radical (unpaired) electrons. The number of hydrogen-bond donors (Lipinski definition) is 2. The number of benzene rings is 2. The number of aliphatic hydroxyl groups is 1. The number of ether oxygens (including phenoxy) is 1. The highest BCUT2D eigenvalue weighted by Gasteiger charge is 2.11. The predicted molar refractivity (Wildman–Crippen MR) is 82.8 cm³/mol. The monoisotopic (exact) mass is 384 g/mol. The van der Waals surface area contributed by atoms with Gasteiger partial charge in [0.25, 0.3) is 0 Å². The van der Waals surface area contributed by atoms with Crippen LogP contribution in [0.15, 0.2) is 42.5 Å². The summed E-state index contributed by atoms with van der Waals surface area (Å²) in [7, 11) is 0. The molecule has 0 heterocycles. The summed E-state index contributed by atoms with van der Waals surface area (Å²) >= 11 is 2.06. The van der Waals surface area contributed by atoms with Crippen LogP contribution in [0.2, 0.25) is 0 Å². The highest BCUT2D eigenvalue weighted by molar-refractivity contribution is 14.1. The molecule has 5 heteroatoms. The van der Waals surface area contributed by atoms with Crippen molar-refractivity contribution in [2.75, 3.05) is 0 Å². The Hall–Kier alpha value is -1.60. The topological polar surface area (TPSA) is 66.8 Å². The van der Waals surface area contributed by atoms with Crippen LogP contribution in [0.4, 0.5) is 0 Å². The molecule has 0 aliphatic rings. The van der Waals surface area contributed by atoms with Crippen molar-refractivity contribution in [1.82, 2.24) is 0 Å². The zero-order chi connectivity index (χ0) is 14.5. The van der Waals surface area contributed by atoms with E-state index in [0.717, 1.165) is 14.7 Å². The van der Waals surface area contributed by atoms with Crippen LogP contribution in [0, 0.1) is 3.57 Å². The molecule has 0 bridgehead atoms. The maximum Gasteiger partial charge on any atom is 0.339 e. The molecule has 20 heavy (non-hydrogen) atoms. The van der Waals surface area contributed by atoms with E-state index < -0.39 is 5.97 Å². The quantitative estimate of drug-likeness (QED) is 0.778. The van der Waals surface area contributed by atoms with Gasteiger partial charge in [0.05, 0.1) is 6.61 Å². The van der Waals surface area contributed by atoms with Crippen molar-refractivity contribution in [1.29, 1.82) is 0 Å². The van der Waals surface area contributed by atoms with Gasteiger partial charge in [-0.1, -0.05) is 24.3 Å². The van der Waals surface area contributed by atoms with Gasteiger partial charge in [0.1, 0.15) is 17.9 Å². The van der Waals surface area contributed by atoms with Crippen molar-refractivity contribution in [2.24, 2.45) is 0 Å². The Balaban J connectivity index is 2.12. The fraction of sp³-hybridized carbons (Fsp3) is 0.133. The Morgan fingerprint density at radius 1 is 1.10 bits per heavy atom. The molecule has 0 spiro atoms. The lowest BCUT2D eigenvalue weighted by Crippen LogP contribution is -2.04. The predicted octanol–water partition coefficient (Wildman–Crippen LogP) is 3.06. The second-order valence-corrected chi connectivity index (χ2v) is 5.45. The summed E-state index contributed by atoms with van der Waals surface area (Å²) in [6.45, 7) is 0.286. The van der Waals surface area contributed by atoms with Gasteiger partial charge in [-0.3, -0.25) is 0 Å². The molecule has 0 saturated carbocycles. The summed E-state index contributed by atoms with van der Waals surface area (Å²) in [5.74, 6) is -0.654. The van der Waals surface area contributed by atoms with Crippen LogP contribution in [0.3, 0.4) is 0 Å². The standard InChI is InChI=1S/C15H13IO4/c16-12-5-6-14(13(7-12)15(18)19)20-9-11-3-1-10(8-17)2-4-11/h1-7,17H,8-9H2,(H,18,19). The first-order chi connectivity index (χ1) is 9.60. The number of carboxylic acid groups (broad SMARTS) is 1. The van der Waals surface area contributed by atoms with Gasteiger partial charge in [-0.05, 0) is 51.9 Å². The highest BCUT2D eigenvalue weighted by Crippen LogP contribution is 2.22. The number of aromatic carboxylic acids is 1. The first kappa shape index (κ1) is 14.8. The van der Waals surface area contributed by atoms with Gasteiger partial charge in [0.2, 0.25) is 0 Å². The van der Waals surface area contributed by atoms with E-state index in [9.17, 15) is 4.79 Å². The average Bonchev–Trinajstić information content (AvgIpc) is 2.46. The van der Waals surface area contributed by atoms with E-state index in [1.807, 2.05) is 24.3 Å². The molecular weight excluding hydrogens is 371 g/mol. The van der Waals surface area contributed by atoms with Crippen molar-refractivity contribution in [3.8, 4) is 5.75 Å². The maximum atomic E-state index is 11.2. The van der Waals surface area contributed by atoms with E-state index in [1.165, 1.54) is 0 Å². The number of hydrogen-bond acceptors (Lipinski definition) is 3. The van der Waals surface area contributed by atoms with E-state index in [4.69, 9.17) is 14.9 Å². The SMILES string of the molecule is O=C(O)c1cc(I)ccc1OCc1ccc(CO)cc1. The van der Waals surface area contributed by atoms with Crippen LogP contribution in [0.1, 0.15) is 21.5 Å². The molecule has 2 aromatic rings. The van der Waals surface area contributed by atoms with Gasteiger partial charge in [-0.2, -0.15) is 0 Å². The van der Waals surface area contributed by atoms with Crippen LogP contribution in [0.25, 0.3) is 0 Å². The van der Waals surface area contributed by atoms with Crippen molar-refractivity contribution in [3.05, 3.63) is 62.7 Å². The molecule has 0 aromatic heterocycles. The number of rotatable bonds is 5. The lowest BCUT2D eigenvalue weighted by atomic mass is 10.1. The Labute approximate surface area is 130 Å². The number of carboxylic acids is 1. The summed E-state index contributed by atoms with van der Waals surface area (Å²) in [5, 5.41) is 18.1. The van der Waals surface area contributed by atoms with Crippen LogP contribution < -0.4 is 4.74 Å². The van der Waals surface area contributed by atoms with E-state index in [-0.39, 0.29) is 18.8 Å². The zero-order valence-electron chi connectivity index (χ0n) is 10.5. The van der Waals surface area contributed by atoms with E-state index in [2.05, 4.69) is 22.6 Å². The fourth-order valence-electron chi connectivity index (χ4n) is 1.70. The molecule has 4 nitrogen and oxygen atoms in total. The summed E-state index contributed by atoms with van der Waals surface area (Å²) in [6, 6.07) is 12.4. The van der Waals surface area contributed by atoms with Crippen LogP contribution >= 0.6 is 22.6 Å². The summed E-state index contributed by atoms with van der Waals surface area (Å²) in [6.07, 6.45) is 0. The van der Waals surface area contributed by atoms with E-state index in [0.29, 0.717) is 5.75 Å². The van der Waals surface area contributed by atoms with Crippen molar-refractivity contribution in [2.45, 2.75) is 13.2 Å². The molecule has 2 rings (SSSR count). The smallest absolute Gasteiger partial charge is 0.339 e. The molecule has 0 atom stereocenters. The van der Waals surface area contributed by atoms with Crippen LogP contribution in [-0.2, 0) is 13.2 Å². The van der Waals surface area contributed by atoms with Gasteiger partial charge in [0.15, 0.2) is 0 Å². The minimum atomic E-state index is -1.01. The first-order valence-electron chi connectivity index (χ1n) is 5.94. The third kappa shape index (κ3) is 3.71. The normalized spacial score (nSPS) is 10.3. The molecule has 0 fully saturated rings. The average molecular weight is 384 g/mol. The maximum absolute atomic E-state index is 11.2. The van der Waals surface area contributed by atoms with E-state index >= 15 is 0 Å². The molecule has 0 aliphatic heterocycles. The molecule has 0 saturated heterocycles. The Morgan fingerprint density at radius 2 is 1.75 bits per heavy atom. The third-order valence-corrected chi connectivity index (χ3v) is 3.44. The largest absolute Gasteiger partial charge is 0.488 e. The second-order valence-electron chi connectivity index (χ2n) is 4.21. The Kier molecular flexibility index (Phi) is 4.97. The van der Waals surface area contributed by atoms with Gasteiger partial charge >= 0.3 is 5.97 Å². The lowest BCUT2D eigenvalue weighted by molar-refractivity contribution is 0.0691. The number of halogens is 1. The second kappa shape index (κ2) is 6.71.